The first-order valence-electron chi connectivity index (χ1n) is 10.1. The van der Waals surface area contributed by atoms with Crippen molar-refractivity contribution in [1.82, 2.24) is 4.72 Å². The van der Waals surface area contributed by atoms with Gasteiger partial charge in [0.1, 0.15) is 5.75 Å². The number of benzene rings is 2. The van der Waals surface area contributed by atoms with E-state index >= 15 is 0 Å². The molecule has 0 radical (unpaired) electrons. The topological polar surface area (TPSA) is 84.5 Å². The summed E-state index contributed by atoms with van der Waals surface area (Å²) >= 11 is 6.22. The molecule has 0 heterocycles. The molecule has 0 atom stereocenters. The second-order valence-corrected chi connectivity index (χ2v) is 9.62. The molecule has 2 N–H and O–H groups in total. The fraction of sp³-hybridized carbons (Fsp3) is 0.409. The summed E-state index contributed by atoms with van der Waals surface area (Å²) in [7, 11) is -3.64. The largest absolute Gasteiger partial charge is 0.482 e. The smallest absolute Gasteiger partial charge is 0.262 e. The van der Waals surface area contributed by atoms with E-state index in [1.54, 1.807) is 0 Å². The molecule has 0 spiro atoms. The molecule has 162 valence electrons. The molecule has 0 aromatic heterocycles. The molecule has 6 nitrogen and oxygen atoms in total. The first-order valence-corrected chi connectivity index (χ1v) is 12.0. The molecule has 0 saturated heterocycles. The number of anilines is 1. The molecule has 8 heteroatoms. The fourth-order valence-electron chi connectivity index (χ4n) is 3.62. The van der Waals surface area contributed by atoms with Crippen LogP contribution in [0.2, 0.25) is 5.02 Å². The summed E-state index contributed by atoms with van der Waals surface area (Å²) in [5, 5.41) is 3.02. The van der Waals surface area contributed by atoms with E-state index in [0.29, 0.717) is 0 Å². The van der Waals surface area contributed by atoms with Crippen LogP contribution in [0.4, 0.5) is 5.69 Å². The average Bonchev–Trinajstić information content (AvgIpc) is 3.20. The highest BCUT2D eigenvalue weighted by Crippen LogP contribution is 2.28. The highest BCUT2D eigenvalue weighted by Gasteiger charge is 2.23. The number of amides is 1. The predicted octanol–water partition coefficient (Wildman–Crippen LogP) is 4.45. The van der Waals surface area contributed by atoms with Crippen LogP contribution in [0.25, 0.3) is 0 Å². The molecule has 1 aliphatic carbocycles. The van der Waals surface area contributed by atoms with Crippen molar-refractivity contribution in [2.45, 2.75) is 56.9 Å². The van der Waals surface area contributed by atoms with E-state index in [1.165, 1.54) is 18.2 Å². The number of aryl methyl sites for hydroxylation is 2. The summed E-state index contributed by atoms with van der Waals surface area (Å²) in [5.74, 6) is -0.0539. The van der Waals surface area contributed by atoms with Crippen LogP contribution < -0.4 is 14.8 Å². The molecule has 1 saturated carbocycles. The zero-order chi connectivity index (χ0) is 21.7. The van der Waals surface area contributed by atoms with Crippen molar-refractivity contribution in [3.05, 3.63) is 52.5 Å². The van der Waals surface area contributed by atoms with Gasteiger partial charge in [0.2, 0.25) is 10.0 Å². The Balaban J connectivity index is 1.63. The van der Waals surface area contributed by atoms with Gasteiger partial charge in [-0.15, -0.1) is 0 Å². The molecular weight excluding hydrogens is 424 g/mol. The quantitative estimate of drug-likeness (QED) is 0.622. The van der Waals surface area contributed by atoms with Gasteiger partial charge in [-0.05, 0) is 55.5 Å². The van der Waals surface area contributed by atoms with Gasteiger partial charge in [0.15, 0.2) is 6.61 Å². The van der Waals surface area contributed by atoms with E-state index in [4.69, 9.17) is 16.3 Å². The minimum absolute atomic E-state index is 0.0251. The van der Waals surface area contributed by atoms with Crippen LogP contribution in [-0.4, -0.2) is 27.0 Å². The van der Waals surface area contributed by atoms with E-state index in [2.05, 4.69) is 10.0 Å². The van der Waals surface area contributed by atoms with E-state index in [-0.39, 0.29) is 34.2 Å². The van der Waals surface area contributed by atoms with Gasteiger partial charge in [0.25, 0.3) is 5.91 Å². The maximum Gasteiger partial charge on any atom is 0.262 e. The third-order valence-electron chi connectivity index (χ3n) is 5.25. The van der Waals surface area contributed by atoms with E-state index in [0.717, 1.165) is 48.9 Å². The SMILES string of the molecule is CCc1cccc(C)c1NC(=O)COc1ccc(S(=O)(=O)NC2CCCC2)cc1Cl. The average molecular weight is 451 g/mol. The Kier molecular flexibility index (Phi) is 7.39. The lowest BCUT2D eigenvalue weighted by atomic mass is 10.1. The highest BCUT2D eigenvalue weighted by atomic mass is 35.5. The second-order valence-electron chi connectivity index (χ2n) is 7.49. The van der Waals surface area contributed by atoms with Gasteiger partial charge in [0, 0.05) is 11.7 Å². The van der Waals surface area contributed by atoms with Crippen LogP contribution >= 0.6 is 11.6 Å². The Hall–Kier alpha value is -2.09. The lowest BCUT2D eigenvalue weighted by molar-refractivity contribution is -0.118. The molecular formula is C22H27ClN2O4S. The molecule has 1 fully saturated rings. The summed E-state index contributed by atoms with van der Waals surface area (Å²) < 4.78 is 33.3. The number of carbonyl (C=O) groups excluding carboxylic acids is 1. The molecule has 2 aromatic carbocycles. The number of para-hydroxylation sites is 1. The zero-order valence-corrected chi connectivity index (χ0v) is 18.8. The number of carbonyl (C=O) groups is 1. The van der Waals surface area contributed by atoms with Crippen molar-refractivity contribution in [3.63, 3.8) is 0 Å². The van der Waals surface area contributed by atoms with Gasteiger partial charge in [-0.3, -0.25) is 4.79 Å². The van der Waals surface area contributed by atoms with E-state index in [1.807, 2.05) is 32.0 Å². The molecule has 0 bridgehead atoms. The van der Waals surface area contributed by atoms with Crippen molar-refractivity contribution in [1.29, 1.82) is 0 Å². The van der Waals surface area contributed by atoms with Crippen LogP contribution in [0.1, 0.15) is 43.7 Å². The summed E-state index contributed by atoms with van der Waals surface area (Å²) in [6, 6.07) is 10.1. The number of sulfonamides is 1. The van der Waals surface area contributed by atoms with Crippen molar-refractivity contribution in [2.75, 3.05) is 11.9 Å². The van der Waals surface area contributed by atoms with Gasteiger partial charge < -0.3 is 10.1 Å². The summed E-state index contributed by atoms with van der Waals surface area (Å²) in [6.07, 6.45) is 4.57. The van der Waals surface area contributed by atoms with Gasteiger partial charge in [-0.2, -0.15) is 0 Å². The third kappa shape index (κ3) is 5.53. The number of halogens is 1. The minimum atomic E-state index is -3.64. The normalized spacial score (nSPS) is 14.6. The highest BCUT2D eigenvalue weighted by molar-refractivity contribution is 7.89. The second kappa shape index (κ2) is 9.81. The maximum absolute atomic E-state index is 12.5. The van der Waals surface area contributed by atoms with Crippen molar-refractivity contribution < 1.29 is 17.9 Å². The maximum atomic E-state index is 12.5. The summed E-state index contributed by atoms with van der Waals surface area (Å²) in [6.45, 7) is 3.73. The number of hydrogen-bond acceptors (Lipinski definition) is 4. The lowest BCUT2D eigenvalue weighted by Crippen LogP contribution is -2.32. The number of hydrogen-bond donors (Lipinski definition) is 2. The number of rotatable bonds is 8. The van der Waals surface area contributed by atoms with Gasteiger partial charge in [0.05, 0.1) is 9.92 Å². The van der Waals surface area contributed by atoms with Crippen LogP contribution in [0, 0.1) is 6.92 Å². The van der Waals surface area contributed by atoms with Gasteiger partial charge >= 0.3 is 0 Å². The standard InChI is InChI=1S/C22H27ClN2O4S/c1-3-16-8-6-7-15(2)22(16)24-21(26)14-29-20-12-11-18(13-19(20)23)30(27,28)25-17-9-4-5-10-17/h6-8,11-13,17,25H,3-5,9-10,14H2,1-2H3,(H,24,26). The molecule has 2 aromatic rings. The number of ether oxygens (including phenoxy) is 1. The van der Waals surface area contributed by atoms with Crippen LogP contribution in [0.15, 0.2) is 41.3 Å². The van der Waals surface area contributed by atoms with E-state index < -0.39 is 10.0 Å². The first-order chi connectivity index (χ1) is 14.3. The van der Waals surface area contributed by atoms with Crippen LogP contribution in [-0.2, 0) is 21.2 Å². The molecule has 1 amide bonds. The predicted molar refractivity (Wildman–Crippen MR) is 119 cm³/mol. The Labute approximate surface area is 183 Å². The van der Waals surface area contributed by atoms with E-state index in [9.17, 15) is 13.2 Å². The van der Waals surface area contributed by atoms with Crippen LogP contribution in [0.5, 0.6) is 5.75 Å². The summed E-state index contributed by atoms with van der Waals surface area (Å²) in [4.78, 5) is 12.4. The molecule has 0 aliphatic heterocycles. The lowest BCUT2D eigenvalue weighted by Gasteiger charge is -2.15. The molecule has 1 aliphatic rings. The van der Waals surface area contributed by atoms with Crippen molar-refractivity contribution in [2.24, 2.45) is 0 Å². The number of nitrogens with one attached hydrogen (secondary N) is 2. The Bertz CT molecular complexity index is 1020. The van der Waals surface area contributed by atoms with Crippen molar-refractivity contribution >= 4 is 33.2 Å². The van der Waals surface area contributed by atoms with Crippen molar-refractivity contribution in [3.8, 4) is 5.75 Å². The molecule has 0 unspecified atom stereocenters. The van der Waals surface area contributed by atoms with Gasteiger partial charge in [-0.25, -0.2) is 13.1 Å². The Morgan fingerprint density at radius 1 is 1.20 bits per heavy atom. The Morgan fingerprint density at radius 2 is 1.93 bits per heavy atom. The fourth-order valence-corrected chi connectivity index (χ4v) is 5.25. The van der Waals surface area contributed by atoms with Gasteiger partial charge in [-0.1, -0.05) is 49.6 Å². The monoisotopic (exact) mass is 450 g/mol. The molecule has 30 heavy (non-hydrogen) atoms. The Morgan fingerprint density at radius 3 is 2.60 bits per heavy atom. The minimum Gasteiger partial charge on any atom is -0.482 e. The molecule has 3 rings (SSSR count). The third-order valence-corrected chi connectivity index (χ3v) is 7.07. The van der Waals surface area contributed by atoms with Crippen LogP contribution in [0.3, 0.4) is 0 Å². The summed E-state index contributed by atoms with van der Waals surface area (Å²) in [5.41, 5.74) is 2.81. The zero-order valence-electron chi connectivity index (χ0n) is 17.2. The first kappa shape index (κ1) is 22.6.